The Labute approximate surface area is 92.5 Å². The van der Waals surface area contributed by atoms with Crippen molar-refractivity contribution in [3.05, 3.63) is 0 Å². The fourth-order valence-corrected chi connectivity index (χ4v) is 2.20. The quantitative estimate of drug-likeness (QED) is 0.762. The average Bonchev–Trinajstić information content (AvgIpc) is 2.18. The molecule has 1 atom stereocenters. The molecule has 1 saturated heterocycles. The van der Waals surface area contributed by atoms with E-state index in [0.717, 1.165) is 18.8 Å². The van der Waals surface area contributed by atoms with E-state index in [-0.39, 0.29) is 0 Å². The normalized spacial score (nSPS) is 21.5. The van der Waals surface area contributed by atoms with Crippen LogP contribution in [0.2, 0.25) is 0 Å². The molecule has 0 spiro atoms. The summed E-state index contributed by atoms with van der Waals surface area (Å²) in [6, 6.07) is 0.553. The van der Waals surface area contributed by atoms with Gasteiger partial charge in [0.25, 0.3) is 0 Å². The second kappa shape index (κ2) is 6.11. The van der Waals surface area contributed by atoms with Crippen LogP contribution in [-0.2, 0) is 4.79 Å². The first kappa shape index (κ1) is 12.5. The number of nitrogens with zero attached hydrogens (tertiary/aromatic N) is 1. The first-order valence-electron chi connectivity index (χ1n) is 6.05. The van der Waals surface area contributed by atoms with Crippen LogP contribution >= 0.6 is 0 Å². The Morgan fingerprint density at radius 2 is 2.07 bits per heavy atom. The van der Waals surface area contributed by atoms with Crippen LogP contribution < -0.4 is 0 Å². The van der Waals surface area contributed by atoms with E-state index in [0.29, 0.717) is 12.5 Å². The fraction of sp³-hybridized carbons (Fsp3) is 0.917. The standard InChI is InChI=1S/C12H23NO2/c1-10-6-8-13(9-7-10)11(2)4-3-5-12(14)15/h10-11H,3-9H2,1-2H3,(H,14,15). The van der Waals surface area contributed by atoms with Crippen LogP contribution in [0.25, 0.3) is 0 Å². The van der Waals surface area contributed by atoms with Gasteiger partial charge in [-0.3, -0.25) is 4.79 Å². The summed E-state index contributed by atoms with van der Waals surface area (Å²) in [7, 11) is 0. The monoisotopic (exact) mass is 213 g/mol. The van der Waals surface area contributed by atoms with E-state index >= 15 is 0 Å². The van der Waals surface area contributed by atoms with Crippen molar-refractivity contribution in [1.29, 1.82) is 0 Å². The van der Waals surface area contributed by atoms with Gasteiger partial charge in [0.05, 0.1) is 0 Å². The van der Waals surface area contributed by atoms with Gasteiger partial charge in [-0.25, -0.2) is 0 Å². The minimum absolute atomic E-state index is 0.314. The predicted octanol–water partition coefficient (Wildman–Crippen LogP) is 2.36. The lowest BCUT2D eigenvalue weighted by atomic mass is 9.97. The number of carboxylic acid groups (broad SMARTS) is 1. The number of carbonyl (C=O) groups is 1. The molecule has 0 amide bonds. The molecule has 1 fully saturated rings. The maximum atomic E-state index is 10.4. The Morgan fingerprint density at radius 3 is 2.60 bits per heavy atom. The highest BCUT2D eigenvalue weighted by Crippen LogP contribution is 2.19. The second-order valence-electron chi connectivity index (χ2n) is 4.85. The lowest BCUT2D eigenvalue weighted by molar-refractivity contribution is -0.137. The summed E-state index contributed by atoms with van der Waals surface area (Å²) < 4.78 is 0. The van der Waals surface area contributed by atoms with E-state index in [2.05, 4.69) is 18.7 Å². The van der Waals surface area contributed by atoms with Crippen LogP contribution in [0.1, 0.15) is 46.0 Å². The zero-order chi connectivity index (χ0) is 11.3. The van der Waals surface area contributed by atoms with Crippen LogP contribution in [-0.4, -0.2) is 35.1 Å². The van der Waals surface area contributed by atoms with Crippen LogP contribution in [0.3, 0.4) is 0 Å². The molecule has 0 bridgehead atoms. The van der Waals surface area contributed by atoms with Gasteiger partial charge in [-0.2, -0.15) is 0 Å². The summed E-state index contributed by atoms with van der Waals surface area (Å²) in [5.41, 5.74) is 0. The zero-order valence-corrected chi connectivity index (χ0v) is 9.91. The molecule has 0 aromatic carbocycles. The molecule has 0 aromatic heterocycles. The molecule has 0 saturated carbocycles. The third-order valence-electron chi connectivity index (χ3n) is 3.45. The highest BCUT2D eigenvalue weighted by atomic mass is 16.4. The SMILES string of the molecule is CC1CCN(C(C)CCCC(=O)O)CC1. The van der Waals surface area contributed by atoms with Crippen molar-refractivity contribution >= 4 is 5.97 Å². The maximum absolute atomic E-state index is 10.4. The van der Waals surface area contributed by atoms with Crippen LogP contribution in [0.15, 0.2) is 0 Å². The van der Waals surface area contributed by atoms with E-state index < -0.39 is 5.97 Å². The fourth-order valence-electron chi connectivity index (χ4n) is 2.20. The number of likely N-dealkylation sites (tertiary alicyclic amines) is 1. The summed E-state index contributed by atoms with van der Waals surface area (Å²) in [5, 5.41) is 8.56. The van der Waals surface area contributed by atoms with Crippen molar-refractivity contribution in [2.24, 2.45) is 5.92 Å². The highest BCUT2D eigenvalue weighted by molar-refractivity contribution is 5.66. The van der Waals surface area contributed by atoms with Crippen molar-refractivity contribution in [3.8, 4) is 0 Å². The van der Waals surface area contributed by atoms with Gasteiger partial charge in [0.15, 0.2) is 0 Å². The largest absolute Gasteiger partial charge is 0.481 e. The molecule has 0 radical (unpaired) electrons. The van der Waals surface area contributed by atoms with E-state index in [1.807, 2.05) is 0 Å². The summed E-state index contributed by atoms with van der Waals surface area (Å²) in [4.78, 5) is 12.9. The molecule has 0 aromatic rings. The third kappa shape index (κ3) is 4.65. The molecule has 1 rings (SSSR count). The van der Waals surface area contributed by atoms with Crippen molar-refractivity contribution < 1.29 is 9.90 Å². The molecule has 0 aliphatic carbocycles. The Morgan fingerprint density at radius 1 is 1.47 bits per heavy atom. The van der Waals surface area contributed by atoms with Crippen molar-refractivity contribution in [2.75, 3.05) is 13.1 Å². The van der Waals surface area contributed by atoms with E-state index in [1.165, 1.54) is 25.9 Å². The molecule has 3 nitrogen and oxygen atoms in total. The van der Waals surface area contributed by atoms with Gasteiger partial charge in [0, 0.05) is 12.5 Å². The molecule has 1 aliphatic rings. The van der Waals surface area contributed by atoms with Crippen LogP contribution in [0, 0.1) is 5.92 Å². The van der Waals surface area contributed by atoms with Gasteiger partial charge in [0.2, 0.25) is 0 Å². The molecular formula is C12H23NO2. The molecule has 1 N–H and O–H groups in total. The van der Waals surface area contributed by atoms with Gasteiger partial charge in [0.1, 0.15) is 0 Å². The van der Waals surface area contributed by atoms with Crippen LogP contribution in [0.5, 0.6) is 0 Å². The highest BCUT2D eigenvalue weighted by Gasteiger charge is 2.19. The zero-order valence-electron chi connectivity index (χ0n) is 9.91. The van der Waals surface area contributed by atoms with Crippen molar-refractivity contribution in [2.45, 2.75) is 52.0 Å². The molecule has 1 heterocycles. The van der Waals surface area contributed by atoms with E-state index in [4.69, 9.17) is 5.11 Å². The molecule has 1 aliphatic heterocycles. The summed E-state index contributed by atoms with van der Waals surface area (Å²) in [6.07, 6.45) is 4.73. The predicted molar refractivity (Wildman–Crippen MR) is 60.9 cm³/mol. The van der Waals surface area contributed by atoms with Crippen molar-refractivity contribution in [3.63, 3.8) is 0 Å². The summed E-state index contributed by atoms with van der Waals surface area (Å²) >= 11 is 0. The lowest BCUT2D eigenvalue weighted by Crippen LogP contribution is -2.39. The number of hydrogen-bond donors (Lipinski definition) is 1. The maximum Gasteiger partial charge on any atom is 0.303 e. The second-order valence-corrected chi connectivity index (χ2v) is 4.85. The molecule has 3 heteroatoms. The number of rotatable bonds is 5. The Balaban J connectivity index is 2.16. The number of carboxylic acids is 1. The first-order chi connectivity index (χ1) is 7.09. The Hall–Kier alpha value is -0.570. The average molecular weight is 213 g/mol. The summed E-state index contributed by atoms with van der Waals surface area (Å²) in [6.45, 7) is 6.91. The van der Waals surface area contributed by atoms with Crippen molar-refractivity contribution in [1.82, 2.24) is 4.90 Å². The first-order valence-corrected chi connectivity index (χ1v) is 6.05. The minimum Gasteiger partial charge on any atom is -0.481 e. The molecular weight excluding hydrogens is 190 g/mol. The lowest BCUT2D eigenvalue weighted by Gasteiger charge is -2.35. The third-order valence-corrected chi connectivity index (χ3v) is 3.45. The summed E-state index contributed by atoms with van der Waals surface area (Å²) in [5.74, 6) is 0.196. The number of piperidine rings is 1. The smallest absolute Gasteiger partial charge is 0.303 e. The van der Waals surface area contributed by atoms with Gasteiger partial charge in [-0.1, -0.05) is 6.92 Å². The molecule has 88 valence electrons. The van der Waals surface area contributed by atoms with Gasteiger partial charge in [-0.05, 0) is 51.6 Å². The Bertz CT molecular complexity index is 198. The topological polar surface area (TPSA) is 40.5 Å². The Kier molecular flexibility index (Phi) is 5.09. The molecule has 1 unspecified atom stereocenters. The van der Waals surface area contributed by atoms with Gasteiger partial charge >= 0.3 is 5.97 Å². The number of hydrogen-bond acceptors (Lipinski definition) is 2. The molecule has 15 heavy (non-hydrogen) atoms. The number of aliphatic carboxylic acids is 1. The van der Waals surface area contributed by atoms with Crippen LogP contribution in [0.4, 0.5) is 0 Å². The van der Waals surface area contributed by atoms with Gasteiger partial charge in [-0.15, -0.1) is 0 Å². The minimum atomic E-state index is -0.672. The van der Waals surface area contributed by atoms with Gasteiger partial charge < -0.3 is 10.0 Å². The van der Waals surface area contributed by atoms with E-state index in [1.54, 1.807) is 0 Å². The van der Waals surface area contributed by atoms with E-state index in [9.17, 15) is 4.79 Å².